The van der Waals surface area contributed by atoms with Crippen molar-refractivity contribution < 1.29 is 13.2 Å². The number of hydrogen-bond acceptors (Lipinski definition) is 5. The average molecular weight is 273 g/mol. The second kappa shape index (κ2) is 7.30. The Morgan fingerprint density at radius 2 is 2.17 bits per heavy atom. The highest BCUT2D eigenvalue weighted by Gasteiger charge is 2.19. The second-order valence-corrected chi connectivity index (χ2v) is 5.36. The molecule has 0 atom stereocenters. The van der Waals surface area contributed by atoms with Crippen molar-refractivity contribution in [3.63, 3.8) is 0 Å². The lowest BCUT2D eigenvalue weighted by Gasteiger charge is -2.11. The molecule has 0 saturated heterocycles. The van der Waals surface area contributed by atoms with Gasteiger partial charge < -0.3 is 10.1 Å². The number of aromatic nitrogens is 1. The maximum atomic E-state index is 12.0. The van der Waals surface area contributed by atoms with Crippen LogP contribution in [-0.2, 0) is 14.8 Å². The lowest BCUT2D eigenvalue weighted by Crippen LogP contribution is -2.28. The van der Waals surface area contributed by atoms with E-state index in [-0.39, 0.29) is 11.6 Å². The Bertz CT molecular complexity index is 462. The molecule has 1 aromatic heterocycles. The summed E-state index contributed by atoms with van der Waals surface area (Å²) in [6.07, 6.45) is 2.37. The zero-order valence-corrected chi connectivity index (χ0v) is 11.5. The molecule has 0 fully saturated rings. The van der Waals surface area contributed by atoms with Crippen molar-refractivity contribution in [1.29, 1.82) is 0 Å². The predicted molar refractivity (Wildman–Crippen MR) is 70.1 cm³/mol. The van der Waals surface area contributed by atoms with Gasteiger partial charge in [-0.15, -0.1) is 0 Å². The van der Waals surface area contributed by atoms with Crippen molar-refractivity contribution in [2.75, 3.05) is 32.1 Å². The van der Waals surface area contributed by atoms with Gasteiger partial charge >= 0.3 is 0 Å². The zero-order chi connectivity index (χ0) is 13.4. The minimum absolute atomic E-state index is 0.0227. The Kier molecular flexibility index (Phi) is 6.03. The van der Waals surface area contributed by atoms with E-state index in [2.05, 4.69) is 15.0 Å². The quantitative estimate of drug-likeness (QED) is 0.686. The topological polar surface area (TPSA) is 80.3 Å². The van der Waals surface area contributed by atoms with Gasteiger partial charge in [-0.3, -0.25) is 0 Å². The zero-order valence-electron chi connectivity index (χ0n) is 10.6. The molecule has 0 spiro atoms. The summed E-state index contributed by atoms with van der Waals surface area (Å²) < 4.78 is 31.3. The number of sulfonamides is 1. The maximum Gasteiger partial charge on any atom is 0.260 e. The molecule has 1 rings (SSSR count). The molecule has 0 radical (unpaired) electrons. The average Bonchev–Trinajstić information content (AvgIpc) is 2.37. The molecule has 0 unspecified atom stereocenters. The van der Waals surface area contributed by atoms with Crippen molar-refractivity contribution >= 4 is 15.7 Å². The summed E-state index contributed by atoms with van der Waals surface area (Å²) in [6, 6.07) is 3.40. The summed E-state index contributed by atoms with van der Waals surface area (Å²) >= 11 is 0. The minimum atomic E-state index is -3.60. The van der Waals surface area contributed by atoms with Gasteiger partial charge in [-0.05, 0) is 18.6 Å². The van der Waals surface area contributed by atoms with Crippen LogP contribution in [-0.4, -0.2) is 40.2 Å². The SMILES string of the molecule is CCCNc1cccnc1S(=O)(=O)NCCOC. The molecule has 2 N–H and O–H groups in total. The Balaban J connectivity index is 2.86. The lowest BCUT2D eigenvalue weighted by atomic mass is 10.4. The molecule has 0 bridgehead atoms. The standard InChI is InChI=1S/C11H19N3O3S/c1-3-6-12-10-5-4-7-13-11(10)18(15,16)14-8-9-17-2/h4-5,7,12,14H,3,6,8-9H2,1-2H3. The van der Waals surface area contributed by atoms with E-state index < -0.39 is 10.0 Å². The first-order valence-corrected chi connectivity index (χ1v) is 7.27. The highest BCUT2D eigenvalue weighted by Crippen LogP contribution is 2.17. The van der Waals surface area contributed by atoms with Crippen molar-refractivity contribution in [1.82, 2.24) is 9.71 Å². The molecule has 0 amide bonds. The van der Waals surface area contributed by atoms with Crippen LogP contribution in [0.1, 0.15) is 13.3 Å². The van der Waals surface area contributed by atoms with E-state index in [1.807, 2.05) is 6.92 Å². The number of pyridine rings is 1. The van der Waals surface area contributed by atoms with Crippen molar-refractivity contribution in [2.45, 2.75) is 18.4 Å². The first-order valence-electron chi connectivity index (χ1n) is 5.79. The van der Waals surface area contributed by atoms with E-state index >= 15 is 0 Å². The first-order chi connectivity index (χ1) is 8.61. The van der Waals surface area contributed by atoms with Crippen molar-refractivity contribution in [3.05, 3.63) is 18.3 Å². The Labute approximate surface area is 108 Å². The molecule has 6 nitrogen and oxygen atoms in total. The molecule has 1 heterocycles. The van der Waals surface area contributed by atoms with Crippen molar-refractivity contribution in [2.24, 2.45) is 0 Å². The van der Waals surface area contributed by atoms with Gasteiger partial charge in [0.2, 0.25) is 0 Å². The number of hydrogen-bond donors (Lipinski definition) is 2. The summed E-state index contributed by atoms with van der Waals surface area (Å²) in [5.74, 6) is 0. The number of rotatable bonds is 8. The van der Waals surface area contributed by atoms with Gasteiger partial charge in [0.25, 0.3) is 10.0 Å². The fraction of sp³-hybridized carbons (Fsp3) is 0.545. The van der Waals surface area contributed by atoms with Gasteiger partial charge in [-0.1, -0.05) is 6.92 Å². The monoisotopic (exact) mass is 273 g/mol. The van der Waals surface area contributed by atoms with Gasteiger partial charge in [-0.25, -0.2) is 18.1 Å². The third-order valence-corrected chi connectivity index (χ3v) is 3.61. The summed E-state index contributed by atoms with van der Waals surface area (Å²) in [7, 11) is -2.08. The molecule has 0 aliphatic carbocycles. The van der Waals surface area contributed by atoms with Crippen LogP contribution < -0.4 is 10.0 Å². The van der Waals surface area contributed by atoms with Gasteiger partial charge in [0, 0.05) is 26.4 Å². The van der Waals surface area contributed by atoms with Crippen LogP contribution in [0.2, 0.25) is 0 Å². The highest BCUT2D eigenvalue weighted by atomic mass is 32.2. The number of ether oxygens (including phenoxy) is 1. The fourth-order valence-electron chi connectivity index (χ4n) is 1.35. The summed E-state index contributed by atoms with van der Waals surface area (Å²) in [6.45, 7) is 3.26. The van der Waals surface area contributed by atoms with Gasteiger partial charge in [-0.2, -0.15) is 0 Å². The molecule has 18 heavy (non-hydrogen) atoms. The van der Waals surface area contributed by atoms with Gasteiger partial charge in [0.1, 0.15) is 0 Å². The van der Waals surface area contributed by atoms with E-state index in [9.17, 15) is 8.42 Å². The van der Waals surface area contributed by atoms with Crippen LogP contribution in [0.5, 0.6) is 0 Å². The fourth-order valence-corrected chi connectivity index (χ4v) is 2.46. The third kappa shape index (κ3) is 4.25. The van der Waals surface area contributed by atoms with E-state index in [1.165, 1.54) is 13.3 Å². The molecule has 0 aromatic carbocycles. The Morgan fingerprint density at radius 1 is 1.39 bits per heavy atom. The summed E-state index contributed by atoms with van der Waals surface area (Å²) in [4.78, 5) is 3.93. The van der Waals surface area contributed by atoms with Crippen LogP contribution in [0.4, 0.5) is 5.69 Å². The van der Waals surface area contributed by atoms with Crippen LogP contribution >= 0.6 is 0 Å². The van der Waals surface area contributed by atoms with E-state index in [4.69, 9.17) is 4.74 Å². The maximum absolute atomic E-state index is 12.0. The van der Waals surface area contributed by atoms with Crippen molar-refractivity contribution in [3.8, 4) is 0 Å². The van der Waals surface area contributed by atoms with Crippen LogP contribution in [0.15, 0.2) is 23.4 Å². The van der Waals surface area contributed by atoms with Crippen LogP contribution in [0.3, 0.4) is 0 Å². The lowest BCUT2D eigenvalue weighted by molar-refractivity contribution is 0.204. The van der Waals surface area contributed by atoms with Gasteiger partial charge in [0.15, 0.2) is 5.03 Å². The number of methoxy groups -OCH3 is 1. The largest absolute Gasteiger partial charge is 0.383 e. The molecular formula is C11H19N3O3S. The van der Waals surface area contributed by atoms with Crippen LogP contribution in [0.25, 0.3) is 0 Å². The molecule has 102 valence electrons. The second-order valence-electron chi connectivity index (χ2n) is 3.67. The molecule has 7 heteroatoms. The Hall–Kier alpha value is -1.18. The Morgan fingerprint density at radius 3 is 2.83 bits per heavy atom. The number of nitrogens with one attached hydrogen (secondary N) is 2. The van der Waals surface area contributed by atoms with E-state index in [0.29, 0.717) is 18.8 Å². The molecule has 1 aromatic rings. The smallest absolute Gasteiger partial charge is 0.260 e. The summed E-state index contributed by atoms with van der Waals surface area (Å²) in [5, 5.41) is 3.07. The number of anilines is 1. The molecule has 0 saturated carbocycles. The number of nitrogens with zero attached hydrogens (tertiary/aromatic N) is 1. The first kappa shape index (κ1) is 14.9. The molecule has 0 aliphatic heterocycles. The molecule has 0 aliphatic rings. The molecular weight excluding hydrogens is 254 g/mol. The van der Waals surface area contributed by atoms with Gasteiger partial charge in [0.05, 0.1) is 12.3 Å². The predicted octanol–water partition coefficient (Wildman–Crippen LogP) is 0.828. The third-order valence-electron chi connectivity index (χ3n) is 2.19. The minimum Gasteiger partial charge on any atom is -0.383 e. The summed E-state index contributed by atoms with van der Waals surface area (Å²) in [5.41, 5.74) is 0.518. The highest BCUT2D eigenvalue weighted by molar-refractivity contribution is 7.89. The van der Waals surface area contributed by atoms with E-state index in [1.54, 1.807) is 12.1 Å². The normalized spacial score (nSPS) is 11.4. The van der Waals surface area contributed by atoms with E-state index in [0.717, 1.165) is 6.42 Å². The van der Waals surface area contributed by atoms with Crippen LogP contribution in [0, 0.1) is 0 Å².